The SMILES string of the molecule is CC(C)(C)OC(=O)NCCC(=O)NCCCCCO. The van der Waals surface area contributed by atoms with Gasteiger partial charge in [-0.2, -0.15) is 0 Å². The summed E-state index contributed by atoms with van der Waals surface area (Å²) in [5.41, 5.74) is -0.529. The fraction of sp³-hybridized carbons (Fsp3) is 0.846. The first kappa shape index (κ1) is 17.7. The monoisotopic (exact) mass is 274 g/mol. The number of alkyl carbamates (subject to hydrolysis) is 1. The Morgan fingerprint density at radius 2 is 1.74 bits per heavy atom. The molecule has 0 atom stereocenters. The van der Waals surface area contributed by atoms with E-state index in [2.05, 4.69) is 10.6 Å². The Kier molecular flexibility index (Phi) is 8.95. The molecule has 19 heavy (non-hydrogen) atoms. The first-order chi connectivity index (χ1) is 8.85. The molecule has 0 aromatic heterocycles. The Morgan fingerprint density at radius 1 is 1.05 bits per heavy atom. The molecule has 112 valence electrons. The highest BCUT2D eigenvalue weighted by molar-refractivity contribution is 5.76. The fourth-order valence-corrected chi connectivity index (χ4v) is 1.32. The van der Waals surface area contributed by atoms with E-state index < -0.39 is 11.7 Å². The van der Waals surface area contributed by atoms with E-state index in [0.29, 0.717) is 6.54 Å². The normalized spacial score (nSPS) is 10.9. The first-order valence-electron chi connectivity index (χ1n) is 6.69. The number of aliphatic hydroxyl groups is 1. The van der Waals surface area contributed by atoms with Crippen molar-refractivity contribution in [3.8, 4) is 0 Å². The van der Waals surface area contributed by atoms with Crippen LogP contribution in [0.2, 0.25) is 0 Å². The molecule has 0 heterocycles. The number of rotatable bonds is 8. The highest BCUT2D eigenvalue weighted by atomic mass is 16.6. The van der Waals surface area contributed by atoms with E-state index in [1.165, 1.54) is 0 Å². The van der Waals surface area contributed by atoms with Crippen molar-refractivity contribution in [2.24, 2.45) is 0 Å². The van der Waals surface area contributed by atoms with Crippen LogP contribution in [0.1, 0.15) is 46.5 Å². The average Bonchev–Trinajstić information content (AvgIpc) is 2.26. The van der Waals surface area contributed by atoms with Gasteiger partial charge in [0.2, 0.25) is 5.91 Å². The van der Waals surface area contributed by atoms with E-state index in [0.717, 1.165) is 19.3 Å². The summed E-state index contributed by atoms with van der Waals surface area (Å²) < 4.78 is 5.04. The summed E-state index contributed by atoms with van der Waals surface area (Å²) >= 11 is 0. The Bertz CT molecular complexity index is 274. The Labute approximate surface area is 114 Å². The van der Waals surface area contributed by atoms with E-state index in [4.69, 9.17) is 9.84 Å². The minimum absolute atomic E-state index is 0.0972. The predicted octanol–water partition coefficient (Wildman–Crippen LogP) is 1.18. The van der Waals surface area contributed by atoms with Gasteiger partial charge in [-0.25, -0.2) is 4.79 Å². The summed E-state index contributed by atoms with van der Waals surface area (Å²) in [4.78, 5) is 22.7. The summed E-state index contributed by atoms with van der Waals surface area (Å²) in [5.74, 6) is -0.0972. The number of ether oxygens (including phenoxy) is 1. The molecule has 0 spiro atoms. The second-order valence-electron chi connectivity index (χ2n) is 5.31. The van der Waals surface area contributed by atoms with E-state index in [1.54, 1.807) is 20.8 Å². The van der Waals surface area contributed by atoms with Gasteiger partial charge in [-0.1, -0.05) is 0 Å². The highest BCUT2D eigenvalue weighted by Crippen LogP contribution is 2.06. The van der Waals surface area contributed by atoms with Crippen LogP contribution in [0.3, 0.4) is 0 Å². The molecular formula is C13H26N2O4. The summed E-state index contributed by atoms with van der Waals surface area (Å²) in [5, 5.41) is 13.9. The van der Waals surface area contributed by atoms with Crippen molar-refractivity contribution >= 4 is 12.0 Å². The lowest BCUT2D eigenvalue weighted by Gasteiger charge is -2.19. The van der Waals surface area contributed by atoms with Crippen LogP contribution in [0.5, 0.6) is 0 Å². The molecule has 0 saturated carbocycles. The summed E-state index contributed by atoms with van der Waals surface area (Å²) in [6.07, 6.45) is 2.23. The van der Waals surface area contributed by atoms with Crippen molar-refractivity contribution in [2.75, 3.05) is 19.7 Å². The van der Waals surface area contributed by atoms with Crippen LogP contribution in [0, 0.1) is 0 Å². The number of unbranched alkanes of at least 4 members (excludes halogenated alkanes) is 2. The van der Waals surface area contributed by atoms with Crippen molar-refractivity contribution < 1.29 is 19.4 Å². The van der Waals surface area contributed by atoms with Crippen LogP contribution in [0.25, 0.3) is 0 Å². The van der Waals surface area contributed by atoms with E-state index in [1.807, 2.05) is 0 Å². The quantitative estimate of drug-likeness (QED) is 0.580. The molecule has 3 N–H and O–H groups in total. The number of carbonyl (C=O) groups is 2. The smallest absolute Gasteiger partial charge is 0.407 e. The number of hydrogen-bond donors (Lipinski definition) is 3. The van der Waals surface area contributed by atoms with Crippen LogP contribution >= 0.6 is 0 Å². The van der Waals surface area contributed by atoms with Crippen LogP contribution in [-0.2, 0) is 9.53 Å². The molecule has 0 aromatic carbocycles. The molecule has 0 bridgehead atoms. The zero-order chi connectivity index (χ0) is 14.7. The molecule has 0 aliphatic rings. The number of aliphatic hydroxyl groups excluding tert-OH is 1. The topological polar surface area (TPSA) is 87.7 Å². The fourth-order valence-electron chi connectivity index (χ4n) is 1.32. The number of hydrogen-bond acceptors (Lipinski definition) is 4. The number of carbonyl (C=O) groups excluding carboxylic acids is 2. The standard InChI is InChI=1S/C13H26N2O4/c1-13(2,3)19-12(18)15-9-7-11(17)14-8-5-4-6-10-16/h16H,4-10H2,1-3H3,(H,14,17)(H,15,18). The van der Waals surface area contributed by atoms with Crippen LogP contribution in [0.4, 0.5) is 4.79 Å². The average molecular weight is 274 g/mol. The van der Waals surface area contributed by atoms with Gasteiger partial charge in [0.1, 0.15) is 5.60 Å². The molecule has 2 amide bonds. The molecule has 6 heteroatoms. The molecule has 0 aromatic rings. The maximum absolute atomic E-state index is 11.4. The highest BCUT2D eigenvalue weighted by Gasteiger charge is 2.15. The molecule has 0 radical (unpaired) electrons. The largest absolute Gasteiger partial charge is 0.444 e. The molecular weight excluding hydrogens is 248 g/mol. The van der Waals surface area contributed by atoms with Gasteiger partial charge in [0.05, 0.1) is 0 Å². The second-order valence-corrected chi connectivity index (χ2v) is 5.31. The lowest BCUT2D eigenvalue weighted by molar-refractivity contribution is -0.120. The van der Waals surface area contributed by atoms with Gasteiger partial charge in [-0.3, -0.25) is 4.79 Å². The third-order valence-electron chi connectivity index (χ3n) is 2.18. The molecule has 0 aliphatic heterocycles. The molecule has 0 fully saturated rings. The van der Waals surface area contributed by atoms with Crippen LogP contribution < -0.4 is 10.6 Å². The third-order valence-corrected chi connectivity index (χ3v) is 2.18. The maximum Gasteiger partial charge on any atom is 0.407 e. The lowest BCUT2D eigenvalue weighted by Crippen LogP contribution is -2.35. The second kappa shape index (κ2) is 9.61. The Morgan fingerprint density at radius 3 is 2.32 bits per heavy atom. The van der Waals surface area contributed by atoms with Crippen molar-refractivity contribution in [1.82, 2.24) is 10.6 Å². The van der Waals surface area contributed by atoms with Crippen molar-refractivity contribution in [3.05, 3.63) is 0 Å². The summed E-state index contributed by atoms with van der Waals surface area (Å²) in [6, 6.07) is 0. The summed E-state index contributed by atoms with van der Waals surface area (Å²) in [7, 11) is 0. The van der Waals surface area contributed by atoms with E-state index in [9.17, 15) is 9.59 Å². The Balaban J connectivity index is 3.50. The van der Waals surface area contributed by atoms with Gasteiger partial charge in [-0.15, -0.1) is 0 Å². The first-order valence-corrected chi connectivity index (χ1v) is 6.69. The van der Waals surface area contributed by atoms with E-state index >= 15 is 0 Å². The summed E-state index contributed by atoms with van der Waals surface area (Å²) in [6.45, 7) is 6.40. The maximum atomic E-state index is 11.4. The zero-order valence-electron chi connectivity index (χ0n) is 12.1. The van der Waals surface area contributed by atoms with Gasteiger partial charge in [0.15, 0.2) is 0 Å². The van der Waals surface area contributed by atoms with Gasteiger partial charge >= 0.3 is 6.09 Å². The molecule has 0 saturated heterocycles. The van der Waals surface area contributed by atoms with Crippen molar-refractivity contribution in [3.63, 3.8) is 0 Å². The zero-order valence-corrected chi connectivity index (χ0v) is 12.1. The van der Waals surface area contributed by atoms with E-state index in [-0.39, 0.29) is 25.5 Å². The Hall–Kier alpha value is -1.30. The number of amides is 2. The van der Waals surface area contributed by atoms with Gasteiger partial charge in [0.25, 0.3) is 0 Å². The van der Waals surface area contributed by atoms with Crippen LogP contribution in [0.15, 0.2) is 0 Å². The van der Waals surface area contributed by atoms with Gasteiger partial charge in [0, 0.05) is 26.1 Å². The van der Waals surface area contributed by atoms with Crippen molar-refractivity contribution in [1.29, 1.82) is 0 Å². The third kappa shape index (κ3) is 12.9. The van der Waals surface area contributed by atoms with Crippen LogP contribution in [-0.4, -0.2) is 42.4 Å². The minimum atomic E-state index is -0.529. The number of nitrogens with one attached hydrogen (secondary N) is 2. The van der Waals surface area contributed by atoms with Gasteiger partial charge < -0.3 is 20.5 Å². The minimum Gasteiger partial charge on any atom is -0.444 e. The molecule has 6 nitrogen and oxygen atoms in total. The molecule has 0 unspecified atom stereocenters. The lowest BCUT2D eigenvalue weighted by atomic mass is 10.2. The van der Waals surface area contributed by atoms with Crippen molar-refractivity contribution in [2.45, 2.75) is 52.1 Å². The predicted molar refractivity (Wildman–Crippen MR) is 72.8 cm³/mol. The van der Waals surface area contributed by atoms with Gasteiger partial charge in [-0.05, 0) is 40.0 Å². The molecule has 0 rings (SSSR count). The molecule has 0 aliphatic carbocycles.